The summed E-state index contributed by atoms with van der Waals surface area (Å²) in [4.78, 5) is 2.36. The smallest absolute Gasteiger partial charge is 0.0580 e. The first kappa shape index (κ1) is 10.4. The van der Waals surface area contributed by atoms with Crippen LogP contribution in [0.1, 0.15) is 25.7 Å². The summed E-state index contributed by atoms with van der Waals surface area (Å²) in [5, 5.41) is 13.2. The van der Waals surface area contributed by atoms with Gasteiger partial charge >= 0.3 is 0 Å². The SMILES string of the molecule is CN1CCC(NCC2CCCC2O)C1. The first-order valence-electron chi connectivity index (χ1n) is 5.85. The standard InChI is InChI=1S/C11H22N2O/c1-13-6-5-10(8-13)12-7-9-3-2-4-11(9)14/h9-12,14H,2-8H2,1H3. The second-order valence-electron chi connectivity index (χ2n) is 4.91. The van der Waals surface area contributed by atoms with Gasteiger partial charge in [0.05, 0.1) is 6.10 Å². The molecule has 0 amide bonds. The average Bonchev–Trinajstić information content (AvgIpc) is 2.72. The molecule has 1 aliphatic carbocycles. The predicted octanol–water partition coefficient (Wildman–Crippen LogP) is 0.441. The van der Waals surface area contributed by atoms with Gasteiger partial charge in [-0.25, -0.2) is 0 Å². The van der Waals surface area contributed by atoms with E-state index < -0.39 is 0 Å². The summed E-state index contributed by atoms with van der Waals surface area (Å²) in [6, 6.07) is 0.660. The van der Waals surface area contributed by atoms with Crippen LogP contribution in [0.2, 0.25) is 0 Å². The second-order valence-corrected chi connectivity index (χ2v) is 4.91. The van der Waals surface area contributed by atoms with Crippen molar-refractivity contribution in [1.82, 2.24) is 10.2 Å². The number of likely N-dealkylation sites (tertiary alicyclic amines) is 1. The van der Waals surface area contributed by atoms with Gasteiger partial charge in [-0.15, -0.1) is 0 Å². The molecular weight excluding hydrogens is 176 g/mol. The van der Waals surface area contributed by atoms with Crippen LogP contribution in [0.15, 0.2) is 0 Å². The van der Waals surface area contributed by atoms with Crippen LogP contribution in [0.3, 0.4) is 0 Å². The zero-order valence-corrected chi connectivity index (χ0v) is 9.08. The molecule has 14 heavy (non-hydrogen) atoms. The van der Waals surface area contributed by atoms with Gasteiger partial charge in [-0.2, -0.15) is 0 Å². The minimum absolute atomic E-state index is 0.0402. The molecule has 3 atom stereocenters. The Kier molecular flexibility index (Phi) is 3.42. The lowest BCUT2D eigenvalue weighted by Gasteiger charge is -2.18. The average molecular weight is 198 g/mol. The van der Waals surface area contributed by atoms with Gasteiger partial charge in [0, 0.05) is 19.1 Å². The van der Waals surface area contributed by atoms with Crippen molar-refractivity contribution < 1.29 is 5.11 Å². The van der Waals surface area contributed by atoms with Crippen molar-refractivity contribution in [2.45, 2.75) is 37.8 Å². The molecule has 0 spiro atoms. The van der Waals surface area contributed by atoms with Gasteiger partial charge in [-0.3, -0.25) is 0 Å². The number of aliphatic hydroxyl groups excluding tert-OH is 1. The molecule has 1 saturated carbocycles. The minimum atomic E-state index is -0.0402. The number of rotatable bonds is 3. The molecule has 0 aromatic rings. The highest BCUT2D eigenvalue weighted by Crippen LogP contribution is 2.25. The van der Waals surface area contributed by atoms with E-state index in [0.29, 0.717) is 12.0 Å². The van der Waals surface area contributed by atoms with E-state index in [9.17, 15) is 5.11 Å². The Morgan fingerprint density at radius 3 is 2.79 bits per heavy atom. The van der Waals surface area contributed by atoms with Crippen molar-refractivity contribution in [2.24, 2.45) is 5.92 Å². The van der Waals surface area contributed by atoms with Crippen LogP contribution in [0, 0.1) is 5.92 Å². The first-order valence-corrected chi connectivity index (χ1v) is 5.85. The molecule has 2 N–H and O–H groups in total. The molecule has 3 nitrogen and oxygen atoms in total. The maximum Gasteiger partial charge on any atom is 0.0580 e. The van der Waals surface area contributed by atoms with Gasteiger partial charge in [0.2, 0.25) is 0 Å². The highest BCUT2D eigenvalue weighted by Gasteiger charge is 2.26. The van der Waals surface area contributed by atoms with Crippen LogP contribution in [0.25, 0.3) is 0 Å². The fraction of sp³-hybridized carbons (Fsp3) is 1.00. The third-order valence-corrected chi connectivity index (χ3v) is 3.68. The van der Waals surface area contributed by atoms with Crippen molar-refractivity contribution in [3.05, 3.63) is 0 Å². The Balaban J connectivity index is 1.67. The molecule has 3 heteroatoms. The number of aliphatic hydroxyl groups is 1. The maximum absolute atomic E-state index is 9.66. The highest BCUT2D eigenvalue weighted by molar-refractivity contribution is 4.83. The van der Waals surface area contributed by atoms with E-state index in [2.05, 4.69) is 17.3 Å². The molecule has 3 unspecified atom stereocenters. The zero-order chi connectivity index (χ0) is 9.97. The second kappa shape index (κ2) is 4.60. The Morgan fingerprint density at radius 2 is 2.21 bits per heavy atom. The van der Waals surface area contributed by atoms with Crippen LogP contribution in [0.4, 0.5) is 0 Å². The lowest BCUT2D eigenvalue weighted by atomic mass is 10.1. The third kappa shape index (κ3) is 2.47. The maximum atomic E-state index is 9.66. The van der Waals surface area contributed by atoms with Crippen molar-refractivity contribution in [3.8, 4) is 0 Å². The molecule has 1 saturated heterocycles. The van der Waals surface area contributed by atoms with E-state index in [1.165, 1.54) is 32.4 Å². The predicted molar refractivity (Wildman–Crippen MR) is 57.3 cm³/mol. The van der Waals surface area contributed by atoms with Gasteiger partial charge in [0.25, 0.3) is 0 Å². The summed E-state index contributed by atoms with van der Waals surface area (Å²) in [6.07, 6.45) is 4.65. The van der Waals surface area contributed by atoms with Crippen molar-refractivity contribution in [1.29, 1.82) is 0 Å². The van der Waals surface area contributed by atoms with Gasteiger partial charge < -0.3 is 15.3 Å². The van der Waals surface area contributed by atoms with Crippen LogP contribution in [0.5, 0.6) is 0 Å². The van der Waals surface area contributed by atoms with Crippen LogP contribution in [-0.2, 0) is 0 Å². The van der Waals surface area contributed by atoms with Crippen molar-refractivity contribution in [3.63, 3.8) is 0 Å². The monoisotopic (exact) mass is 198 g/mol. The van der Waals surface area contributed by atoms with Gasteiger partial charge in [0.15, 0.2) is 0 Å². The van der Waals surface area contributed by atoms with E-state index in [4.69, 9.17) is 0 Å². The molecule has 0 radical (unpaired) electrons. The topological polar surface area (TPSA) is 35.5 Å². The number of nitrogens with zero attached hydrogens (tertiary/aromatic N) is 1. The Hall–Kier alpha value is -0.120. The summed E-state index contributed by atoms with van der Waals surface area (Å²) in [7, 11) is 2.17. The van der Waals surface area contributed by atoms with E-state index >= 15 is 0 Å². The number of likely N-dealkylation sites (N-methyl/N-ethyl adjacent to an activating group) is 1. The molecule has 2 aliphatic rings. The Labute approximate surface area is 86.5 Å². The number of hydrogen-bond donors (Lipinski definition) is 2. The van der Waals surface area contributed by atoms with Gasteiger partial charge in [0.1, 0.15) is 0 Å². The van der Waals surface area contributed by atoms with E-state index in [1.807, 2.05) is 0 Å². The minimum Gasteiger partial charge on any atom is -0.393 e. The molecule has 82 valence electrons. The molecule has 1 aliphatic heterocycles. The fourth-order valence-corrected chi connectivity index (χ4v) is 2.68. The lowest BCUT2D eigenvalue weighted by molar-refractivity contribution is 0.130. The molecular formula is C11H22N2O. The number of nitrogens with one attached hydrogen (secondary N) is 1. The summed E-state index contributed by atoms with van der Waals surface area (Å²) in [6.45, 7) is 3.40. The molecule has 0 aromatic carbocycles. The van der Waals surface area contributed by atoms with E-state index in [-0.39, 0.29) is 6.10 Å². The van der Waals surface area contributed by atoms with Crippen molar-refractivity contribution >= 4 is 0 Å². The molecule has 2 fully saturated rings. The largest absolute Gasteiger partial charge is 0.393 e. The third-order valence-electron chi connectivity index (χ3n) is 3.68. The van der Waals surface area contributed by atoms with Gasteiger partial charge in [-0.05, 0) is 38.8 Å². The molecule has 2 rings (SSSR count). The molecule has 1 heterocycles. The summed E-state index contributed by atoms with van der Waals surface area (Å²) >= 11 is 0. The Bertz CT molecular complexity index is 186. The van der Waals surface area contributed by atoms with Gasteiger partial charge in [-0.1, -0.05) is 6.42 Å². The quantitative estimate of drug-likeness (QED) is 0.691. The van der Waals surface area contributed by atoms with Crippen LogP contribution in [-0.4, -0.2) is 48.8 Å². The molecule has 0 bridgehead atoms. The van der Waals surface area contributed by atoms with Crippen LogP contribution >= 0.6 is 0 Å². The highest BCUT2D eigenvalue weighted by atomic mass is 16.3. The van der Waals surface area contributed by atoms with Crippen LogP contribution < -0.4 is 5.32 Å². The Morgan fingerprint density at radius 1 is 1.36 bits per heavy atom. The van der Waals surface area contributed by atoms with E-state index in [0.717, 1.165) is 13.0 Å². The zero-order valence-electron chi connectivity index (χ0n) is 9.08. The summed E-state index contributed by atoms with van der Waals surface area (Å²) in [5.74, 6) is 0.515. The first-order chi connectivity index (χ1) is 6.75. The fourth-order valence-electron chi connectivity index (χ4n) is 2.68. The molecule has 0 aromatic heterocycles. The lowest BCUT2D eigenvalue weighted by Crippen LogP contribution is -2.37. The number of hydrogen-bond acceptors (Lipinski definition) is 3. The van der Waals surface area contributed by atoms with E-state index in [1.54, 1.807) is 0 Å². The normalized spacial score (nSPS) is 39.4. The summed E-state index contributed by atoms with van der Waals surface area (Å²) < 4.78 is 0. The van der Waals surface area contributed by atoms with Crippen molar-refractivity contribution in [2.75, 3.05) is 26.7 Å². The summed E-state index contributed by atoms with van der Waals surface area (Å²) in [5.41, 5.74) is 0.